The first-order valence-electron chi connectivity index (χ1n) is 9.57. The predicted molar refractivity (Wildman–Crippen MR) is 105 cm³/mol. The van der Waals surface area contributed by atoms with E-state index >= 15 is 0 Å². The molecule has 8 nitrogen and oxygen atoms in total. The van der Waals surface area contributed by atoms with E-state index in [0.29, 0.717) is 19.3 Å². The van der Waals surface area contributed by atoms with Crippen molar-refractivity contribution in [2.45, 2.75) is 43.0 Å². The lowest BCUT2D eigenvalue weighted by Crippen LogP contribution is -2.72. The second-order valence-corrected chi connectivity index (χ2v) is 8.25. The Kier molecular flexibility index (Phi) is 7.13. The highest BCUT2D eigenvalue weighted by atomic mass is 32.2. The molecule has 1 aromatic rings. The molecule has 1 aromatic carbocycles. The fourth-order valence-electron chi connectivity index (χ4n) is 3.38. The molecule has 0 radical (unpaired) electrons. The quantitative estimate of drug-likeness (QED) is 0.362. The molecule has 2 aliphatic heterocycles. The van der Waals surface area contributed by atoms with Crippen LogP contribution < -0.4 is 5.32 Å². The third-order valence-electron chi connectivity index (χ3n) is 4.90. The number of β-lactam (4-membered cyclic amide) rings is 1. The normalized spacial score (nSPS) is 25.4. The van der Waals surface area contributed by atoms with Crippen LogP contribution in [0.5, 0.6) is 0 Å². The van der Waals surface area contributed by atoms with Crippen molar-refractivity contribution in [3.05, 3.63) is 35.9 Å². The van der Waals surface area contributed by atoms with Gasteiger partial charge in [-0.15, -0.1) is 11.8 Å². The maximum absolute atomic E-state index is 12.8. The van der Waals surface area contributed by atoms with Crippen LogP contribution in [0.1, 0.15) is 25.3 Å². The summed E-state index contributed by atoms with van der Waals surface area (Å²) in [6.07, 6.45) is 1.47. The summed E-state index contributed by atoms with van der Waals surface area (Å²) in [7, 11) is 0. The van der Waals surface area contributed by atoms with Crippen LogP contribution in [0.15, 0.2) is 30.3 Å². The van der Waals surface area contributed by atoms with Crippen LogP contribution in [-0.2, 0) is 35.3 Å². The highest BCUT2D eigenvalue weighted by Crippen LogP contribution is 2.41. The molecule has 3 rings (SSSR count). The van der Waals surface area contributed by atoms with E-state index in [1.54, 1.807) is 4.90 Å². The molecule has 2 heterocycles. The zero-order valence-corrected chi connectivity index (χ0v) is 16.9. The van der Waals surface area contributed by atoms with Crippen LogP contribution in [0.3, 0.4) is 0 Å². The van der Waals surface area contributed by atoms with Crippen LogP contribution in [-0.4, -0.2) is 59.0 Å². The second-order valence-electron chi connectivity index (χ2n) is 6.99. The molecule has 156 valence electrons. The van der Waals surface area contributed by atoms with Gasteiger partial charge in [0.05, 0.1) is 6.61 Å². The summed E-state index contributed by atoms with van der Waals surface area (Å²) in [6.45, 7) is 2.34. The smallest absolute Gasteiger partial charge is 0.319 e. The van der Waals surface area contributed by atoms with Gasteiger partial charge in [0.15, 0.2) is 0 Å². The molecule has 1 N–H and O–H groups in total. The number of nitrogens with zero attached hydrogens (tertiary/aromatic N) is 1. The maximum Gasteiger partial charge on any atom is 0.319 e. The molecule has 0 bridgehead atoms. The first kappa shape index (κ1) is 21.2. The number of esters is 2. The number of carbonyl (C=O) groups excluding carboxylic acids is 4. The lowest BCUT2D eigenvalue weighted by atomic mass is 9.99. The number of hydrogen-bond donors (Lipinski definition) is 1. The number of hydrogen-bond acceptors (Lipinski definition) is 7. The first-order valence-corrected chi connectivity index (χ1v) is 10.5. The van der Waals surface area contributed by atoms with Gasteiger partial charge in [-0.3, -0.25) is 19.2 Å². The molecule has 0 aliphatic carbocycles. The van der Waals surface area contributed by atoms with Crippen LogP contribution in [0.4, 0.5) is 0 Å². The van der Waals surface area contributed by atoms with Crippen molar-refractivity contribution >= 4 is 36.0 Å². The third kappa shape index (κ3) is 4.90. The van der Waals surface area contributed by atoms with Crippen molar-refractivity contribution in [2.75, 3.05) is 13.2 Å². The van der Waals surface area contributed by atoms with Gasteiger partial charge in [-0.2, -0.15) is 0 Å². The molecule has 2 saturated heterocycles. The van der Waals surface area contributed by atoms with E-state index in [0.717, 1.165) is 5.56 Å². The summed E-state index contributed by atoms with van der Waals surface area (Å²) < 4.78 is 10.8. The fourth-order valence-corrected chi connectivity index (χ4v) is 4.94. The van der Waals surface area contributed by atoms with Gasteiger partial charge in [-0.05, 0) is 12.0 Å². The summed E-state index contributed by atoms with van der Waals surface area (Å²) in [4.78, 5) is 49.2. The van der Waals surface area contributed by atoms with E-state index in [-0.39, 0.29) is 42.9 Å². The van der Waals surface area contributed by atoms with E-state index in [1.807, 2.05) is 37.3 Å². The van der Waals surface area contributed by atoms with Crippen molar-refractivity contribution in [3.63, 3.8) is 0 Å². The van der Waals surface area contributed by atoms with Gasteiger partial charge in [0.2, 0.25) is 12.3 Å². The second kappa shape index (κ2) is 9.78. The van der Waals surface area contributed by atoms with Gasteiger partial charge in [-0.1, -0.05) is 37.3 Å². The summed E-state index contributed by atoms with van der Waals surface area (Å²) in [5.41, 5.74) is 0.869. The Morgan fingerprint density at radius 1 is 1.28 bits per heavy atom. The topological polar surface area (TPSA) is 102 Å². The molecule has 9 heteroatoms. The Bertz CT molecular complexity index is 759. The minimum Gasteiger partial charge on any atom is -0.465 e. The van der Waals surface area contributed by atoms with Crippen LogP contribution in [0, 0.1) is 5.92 Å². The predicted octanol–water partition coefficient (Wildman–Crippen LogP) is 1.09. The molecule has 3 unspecified atom stereocenters. The van der Waals surface area contributed by atoms with Crippen LogP contribution in [0.25, 0.3) is 0 Å². The highest BCUT2D eigenvalue weighted by Gasteiger charge is 2.55. The van der Waals surface area contributed by atoms with Gasteiger partial charge in [0, 0.05) is 18.9 Å². The summed E-state index contributed by atoms with van der Waals surface area (Å²) in [6, 6.07) is 8.68. The number of amides is 2. The minimum atomic E-state index is -0.648. The van der Waals surface area contributed by atoms with Crippen molar-refractivity contribution in [3.8, 4) is 0 Å². The van der Waals surface area contributed by atoms with Crippen LogP contribution in [0.2, 0.25) is 0 Å². The van der Waals surface area contributed by atoms with Crippen molar-refractivity contribution in [1.29, 1.82) is 0 Å². The van der Waals surface area contributed by atoms with Gasteiger partial charge in [0.1, 0.15) is 23.3 Å². The van der Waals surface area contributed by atoms with E-state index in [2.05, 4.69) is 5.32 Å². The minimum absolute atomic E-state index is 0.0409. The highest BCUT2D eigenvalue weighted by molar-refractivity contribution is 8.01. The molecular formula is C20H24N2O6S. The Hall–Kier alpha value is -2.55. The monoisotopic (exact) mass is 420 g/mol. The number of fused-ring (bicyclic) bond motifs is 1. The Morgan fingerprint density at radius 3 is 2.72 bits per heavy atom. The molecule has 2 aliphatic rings. The first-order chi connectivity index (χ1) is 14.0. The van der Waals surface area contributed by atoms with E-state index < -0.39 is 17.3 Å². The summed E-state index contributed by atoms with van der Waals surface area (Å²) >= 11 is 1.27. The third-order valence-corrected chi connectivity index (χ3v) is 6.58. The summed E-state index contributed by atoms with van der Waals surface area (Å²) in [5, 5.41) is 1.57. The zero-order valence-electron chi connectivity index (χ0n) is 16.1. The number of thioether (sulfide) groups is 1. The molecule has 0 spiro atoms. The molecule has 29 heavy (non-hydrogen) atoms. The summed E-state index contributed by atoms with van der Waals surface area (Å²) in [5.74, 6) is -1.32. The van der Waals surface area contributed by atoms with Crippen LogP contribution >= 0.6 is 11.8 Å². The average molecular weight is 420 g/mol. The van der Waals surface area contributed by atoms with E-state index in [1.165, 1.54) is 11.8 Å². The number of ether oxygens (including phenoxy) is 2. The SMILES string of the molecule is CCCC(=O)OCC1CN2C(=O)C(NC=O)[C@H]2SC1C(=O)OCc1ccccc1. The number of rotatable bonds is 9. The van der Waals surface area contributed by atoms with Crippen molar-refractivity contribution in [1.82, 2.24) is 10.2 Å². The maximum atomic E-state index is 12.8. The molecule has 4 atom stereocenters. The number of nitrogens with one attached hydrogen (secondary N) is 1. The van der Waals surface area contributed by atoms with E-state index in [9.17, 15) is 19.2 Å². The number of carbonyl (C=O) groups is 4. The Labute approximate surface area is 173 Å². The number of benzene rings is 1. The van der Waals surface area contributed by atoms with Crippen molar-refractivity contribution in [2.24, 2.45) is 5.92 Å². The van der Waals surface area contributed by atoms with Crippen molar-refractivity contribution < 1.29 is 28.7 Å². The fraction of sp³-hybridized carbons (Fsp3) is 0.500. The lowest BCUT2D eigenvalue weighted by molar-refractivity contribution is -0.156. The van der Waals surface area contributed by atoms with E-state index in [4.69, 9.17) is 9.47 Å². The molecule has 2 amide bonds. The molecular weight excluding hydrogens is 396 g/mol. The van der Waals surface area contributed by atoms with Gasteiger partial charge in [-0.25, -0.2) is 0 Å². The van der Waals surface area contributed by atoms with Gasteiger partial charge in [0.25, 0.3) is 0 Å². The largest absolute Gasteiger partial charge is 0.465 e. The zero-order chi connectivity index (χ0) is 20.8. The molecule has 0 aromatic heterocycles. The Morgan fingerprint density at radius 2 is 2.03 bits per heavy atom. The molecule has 0 saturated carbocycles. The molecule has 2 fully saturated rings. The standard InChI is InChI=1S/C20H24N2O6S/c1-2-6-15(24)27-11-14-9-22-18(25)16(21-12-23)19(22)29-17(14)20(26)28-10-13-7-4-3-5-8-13/h3-5,7-8,12,14,16-17,19H,2,6,9-11H2,1H3,(H,21,23)/t14?,16?,17?,19-/m1/s1. The lowest BCUT2D eigenvalue weighted by Gasteiger charge is -2.52. The average Bonchev–Trinajstić information content (AvgIpc) is 2.74. The van der Waals surface area contributed by atoms with Gasteiger partial charge < -0.3 is 19.7 Å². The Balaban J connectivity index is 1.66. The van der Waals surface area contributed by atoms with Gasteiger partial charge >= 0.3 is 11.9 Å².